The van der Waals surface area contributed by atoms with Crippen LogP contribution in [0.5, 0.6) is 0 Å². The second-order valence-corrected chi connectivity index (χ2v) is 6.96. The van der Waals surface area contributed by atoms with Crippen molar-refractivity contribution in [3.05, 3.63) is 42.0 Å². The Bertz CT molecular complexity index is 471. The highest BCUT2D eigenvalue weighted by Crippen LogP contribution is 2.61. The maximum atomic E-state index is 11.4. The molecule has 4 bridgehead atoms. The van der Waals surface area contributed by atoms with Crippen molar-refractivity contribution in [2.75, 3.05) is 0 Å². The molecular formula is C19H26O. The molecule has 1 aromatic rings. The van der Waals surface area contributed by atoms with Crippen LogP contribution in [0.15, 0.2) is 30.8 Å². The quantitative estimate of drug-likeness (QED) is 0.832. The van der Waals surface area contributed by atoms with E-state index in [4.69, 9.17) is 0 Å². The minimum atomic E-state index is -0.548. The number of rotatable bonds is 2. The summed E-state index contributed by atoms with van der Waals surface area (Å²) in [5.41, 5.74) is 1.73. The Morgan fingerprint density at radius 3 is 1.90 bits per heavy atom. The largest absolute Gasteiger partial charge is 0.385 e. The Balaban J connectivity index is 0.00000121. The van der Waals surface area contributed by atoms with Crippen molar-refractivity contribution in [2.24, 2.45) is 23.7 Å². The summed E-state index contributed by atoms with van der Waals surface area (Å²) < 4.78 is 0. The fourth-order valence-corrected chi connectivity index (χ4v) is 5.26. The zero-order chi connectivity index (χ0) is 13.0. The molecular weight excluding hydrogens is 244 g/mol. The Hall–Kier alpha value is -1.08. The van der Waals surface area contributed by atoms with Crippen molar-refractivity contribution in [1.82, 2.24) is 0 Å². The van der Waals surface area contributed by atoms with Crippen LogP contribution >= 0.6 is 0 Å². The molecule has 1 nitrogen and oxygen atoms in total. The third-order valence-electron chi connectivity index (χ3n) is 5.99. The molecule has 0 spiro atoms. The fraction of sp³-hybridized carbons (Fsp3) is 0.579. The normalized spacial score (nSPS) is 41.2. The van der Waals surface area contributed by atoms with Crippen molar-refractivity contribution in [1.29, 1.82) is 0 Å². The Morgan fingerprint density at radius 2 is 1.45 bits per heavy atom. The summed E-state index contributed by atoms with van der Waals surface area (Å²) in [6, 6.07) is 8.43. The first-order valence-corrected chi connectivity index (χ1v) is 7.65. The minimum Gasteiger partial charge on any atom is -0.385 e. The van der Waals surface area contributed by atoms with E-state index in [1.807, 2.05) is 6.08 Å². The smallest absolute Gasteiger partial charge is 0.0952 e. The molecule has 0 aliphatic heterocycles. The van der Waals surface area contributed by atoms with Gasteiger partial charge in [-0.1, -0.05) is 44.3 Å². The average Bonchev–Trinajstić information content (AvgIpc) is 2.44. The van der Waals surface area contributed by atoms with Crippen LogP contribution in [0.1, 0.15) is 50.7 Å². The van der Waals surface area contributed by atoms with E-state index in [2.05, 4.69) is 30.8 Å². The lowest BCUT2D eigenvalue weighted by Gasteiger charge is -2.59. The van der Waals surface area contributed by atoms with Crippen LogP contribution in [-0.2, 0) is 5.60 Å². The first-order valence-electron chi connectivity index (χ1n) is 7.65. The summed E-state index contributed by atoms with van der Waals surface area (Å²) in [6.07, 6.45) is 8.27. The average molecular weight is 270 g/mol. The van der Waals surface area contributed by atoms with Crippen molar-refractivity contribution < 1.29 is 5.11 Å². The molecule has 0 unspecified atom stereocenters. The van der Waals surface area contributed by atoms with E-state index in [1.54, 1.807) is 0 Å². The van der Waals surface area contributed by atoms with Crippen LogP contribution in [0.4, 0.5) is 0 Å². The van der Waals surface area contributed by atoms with E-state index in [9.17, 15) is 5.11 Å². The Morgan fingerprint density at radius 1 is 0.950 bits per heavy atom. The van der Waals surface area contributed by atoms with Crippen molar-refractivity contribution >= 4 is 6.08 Å². The summed E-state index contributed by atoms with van der Waals surface area (Å²) in [4.78, 5) is 0. The van der Waals surface area contributed by atoms with E-state index >= 15 is 0 Å². The highest BCUT2D eigenvalue weighted by molar-refractivity contribution is 5.48. The van der Waals surface area contributed by atoms with Gasteiger partial charge in [0.15, 0.2) is 0 Å². The van der Waals surface area contributed by atoms with Gasteiger partial charge in [0.05, 0.1) is 5.60 Å². The van der Waals surface area contributed by atoms with E-state index < -0.39 is 5.60 Å². The van der Waals surface area contributed by atoms with Gasteiger partial charge in [0.2, 0.25) is 0 Å². The first-order chi connectivity index (χ1) is 9.20. The highest BCUT2D eigenvalue weighted by Gasteiger charge is 2.57. The molecule has 20 heavy (non-hydrogen) atoms. The van der Waals surface area contributed by atoms with Gasteiger partial charge >= 0.3 is 0 Å². The maximum absolute atomic E-state index is 11.4. The summed E-state index contributed by atoms with van der Waals surface area (Å²) in [7, 11) is 0. The van der Waals surface area contributed by atoms with Gasteiger partial charge < -0.3 is 5.11 Å². The molecule has 4 fully saturated rings. The highest BCUT2D eigenvalue weighted by atomic mass is 16.3. The van der Waals surface area contributed by atoms with Crippen LogP contribution in [0.3, 0.4) is 0 Å². The Labute approximate surface area is 122 Å². The monoisotopic (exact) mass is 270 g/mol. The molecule has 4 saturated carbocycles. The molecule has 0 radical (unpaired) electrons. The molecule has 1 aromatic carbocycles. The van der Waals surface area contributed by atoms with E-state index in [0.717, 1.165) is 23.0 Å². The van der Waals surface area contributed by atoms with Crippen LogP contribution in [-0.4, -0.2) is 5.11 Å². The number of hydrogen-bond donors (Lipinski definition) is 1. The third-order valence-corrected chi connectivity index (χ3v) is 5.99. The van der Waals surface area contributed by atoms with Gasteiger partial charge in [-0.15, -0.1) is 0 Å². The molecule has 5 rings (SSSR count). The van der Waals surface area contributed by atoms with E-state index in [-0.39, 0.29) is 7.43 Å². The van der Waals surface area contributed by atoms with Gasteiger partial charge in [0, 0.05) is 0 Å². The molecule has 1 heteroatoms. The van der Waals surface area contributed by atoms with E-state index in [1.165, 1.54) is 32.1 Å². The van der Waals surface area contributed by atoms with Gasteiger partial charge in [-0.3, -0.25) is 0 Å². The van der Waals surface area contributed by atoms with Gasteiger partial charge in [0.25, 0.3) is 0 Å². The summed E-state index contributed by atoms with van der Waals surface area (Å²) in [6.45, 7) is 3.80. The van der Waals surface area contributed by atoms with Crippen LogP contribution < -0.4 is 0 Å². The van der Waals surface area contributed by atoms with Crippen LogP contribution in [0.25, 0.3) is 6.08 Å². The second-order valence-electron chi connectivity index (χ2n) is 6.96. The summed E-state index contributed by atoms with van der Waals surface area (Å²) in [5.74, 6) is 2.79. The van der Waals surface area contributed by atoms with Crippen molar-refractivity contribution in [3.8, 4) is 0 Å². The predicted molar refractivity (Wildman–Crippen MR) is 84.2 cm³/mol. The molecule has 4 aliphatic rings. The number of benzene rings is 1. The molecule has 1 N–H and O–H groups in total. The lowest BCUT2D eigenvalue weighted by atomic mass is 9.48. The lowest BCUT2D eigenvalue weighted by molar-refractivity contribution is -0.179. The number of aliphatic hydroxyl groups is 1. The van der Waals surface area contributed by atoms with Gasteiger partial charge in [0.1, 0.15) is 0 Å². The topological polar surface area (TPSA) is 20.2 Å². The zero-order valence-electron chi connectivity index (χ0n) is 11.4. The third kappa shape index (κ3) is 1.79. The summed E-state index contributed by atoms with van der Waals surface area (Å²) >= 11 is 0. The molecule has 0 atom stereocenters. The molecule has 4 aliphatic carbocycles. The fourth-order valence-electron chi connectivity index (χ4n) is 5.26. The molecule has 0 aromatic heterocycles. The molecule has 0 saturated heterocycles. The lowest BCUT2D eigenvalue weighted by Crippen LogP contribution is -2.55. The minimum absolute atomic E-state index is 0. The van der Waals surface area contributed by atoms with E-state index in [0.29, 0.717) is 11.8 Å². The van der Waals surface area contributed by atoms with Crippen molar-refractivity contribution in [3.63, 3.8) is 0 Å². The summed E-state index contributed by atoms with van der Waals surface area (Å²) in [5, 5.41) is 11.4. The van der Waals surface area contributed by atoms with Crippen molar-refractivity contribution in [2.45, 2.75) is 45.1 Å². The zero-order valence-corrected chi connectivity index (χ0v) is 11.4. The van der Waals surface area contributed by atoms with Crippen LogP contribution in [0, 0.1) is 23.7 Å². The maximum Gasteiger partial charge on any atom is 0.0952 e. The standard InChI is InChI=1S/C18H22O.CH4/c1-2-12-3-5-15(6-4-12)18(19)16-8-13-7-14(10-16)11-17(18)9-13;/h2-6,13-14,16-17,19H,1,7-11H2;1H4. The molecule has 0 heterocycles. The van der Waals surface area contributed by atoms with Gasteiger partial charge in [-0.05, 0) is 66.9 Å². The van der Waals surface area contributed by atoms with Gasteiger partial charge in [-0.25, -0.2) is 0 Å². The number of hydrogen-bond acceptors (Lipinski definition) is 1. The van der Waals surface area contributed by atoms with Crippen LogP contribution in [0.2, 0.25) is 0 Å². The molecule has 0 amide bonds. The predicted octanol–water partition coefficient (Wildman–Crippen LogP) is 4.61. The molecule has 108 valence electrons. The SMILES string of the molecule is C.C=Cc1ccc(C2(O)C3CC4CC(C3)CC2C4)cc1. The second kappa shape index (κ2) is 4.73. The van der Waals surface area contributed by atoms with Gasteiger partial charge in [-0.2, -0.15) is 0 Å². The first kappa shape index (κ1) is 13.9. The Kier molecular flexibility index (Phi) is 3.29.